The first-order valence-electron chi connectivity index (χ1n) is 8.86. The Morgan fingerprint density at radius 1 is 1.33 bits per heavy atom. The van der Waals surface area contributed by atoms with Crippen molar-refractivity contribution in [2.24, 2.45) is 0 Å². The highest BCUT2D eigenvalue weighted by Crippen LogP contribution is 2.34. The van der Waals surface area contributed by atoms with E-state index >= 15 is 0 Å². The summed E-state index contributed by atoms with van der Waals surface area (Å²) in [5.74, 6) is -1.41. The number of carbonyl (C=O) groups is 2. The van der Waals surface area contributed by atoms with E-state index in [4.69, 9.17) is 5.11 Å². The molecular formula is C19H19F3N4O4. The van der Waals surface area contributed by atoms with Crippen molar-refractivity contribution < 1.29 is 32.6 Å². The molecule has 0 saturated heterocycles. The lowest BCUT2D eigenvalue weighted by atomic mass is 10.1. The van der Waals surface area contributed by atoms with Gasteiger partial charge in [0, 0.05) is 24.1 Å². The third-order valence-corrected chi connectivity index (χ3v) is 4.48. The Kier molecular flexibility index (Phi) is 5.83. The second-order valence-electron chi connectivity index (χ2n) is 6.61. The number of nitrogens with one attached hydrogen (secondary N) is 1. The van der Waals surface area contributed by atoms with Crippen LogP contribution >= 0.6 is 0 Å². The lowest BCUT2D eigenvalue weighted by molar-refractivity contribution is -0.138. The highest BCUT2D eigenvalue weighted by molar-refractivity contribution is 6.08. The van der Waals surface area contributed by atoms with Gasteiger partial charge in [-0.2, -0.15) is 13.2 Å². The van der Waals surface area contributed by atoms with Crippen LogP contribution in [0.4, 0.5) is 18.9 Å². The molecule has 30 heavy (non-hydrogen) atoms. The minimum Gasteiger partial charge on any atom is -0.466 e. The van der Waals surface area contributed by atoms with E-state index in [0.717, 1.165) is 19.2 Å². The van der Waals surface area contributed by atoms with Gasteiger partial charge in [-0.3, -0.25) is 4.79 Å². The maximum atomic E-state index is 13.4. The number of hydrogen-bond acceptors (Lipinski definition) is 6. The Bertz CT molecular complexity index is 1010. The van der Waals surface area contributed by atoms with Crippen LogP contribution < -0.4 is 5.32 Å². The Morgan fingerprint density at radius 3 is 2.63 bits per heavy atom. The van der Waals surface area contributed by atoms with Gasteiger partial charge in [-0.1, -0.05) is 0 Å². The molecule has 1 amide bonds. The number of hydrogen-bond donors (Lipinski definition) is 2. The highest BCUT2D eigenvalue weighted by Gasteiger charge is 2.35. The first kappa shape index (κ1) is 21.4. The summed E-state index contributed by atoms with van der Waals surface area (Å²) in [4.78, 5) is 29.9. The quantitative estimate of drug-likeness (QED) is 0.688. The van der Waals surface area contributed by atoms with Crippen LogP contribution in [0.15, 0.2) is 42.0 Å². The van der Waals surface area contributed by atoms with Crippen molar-refractivity contribution in [3.63, 3.8) is 0 Å². The fourth-order valence-electron chi connectivity index (χ4n) is 3.05. The SMILES string of the molecule is COC(=O)C1=C(Nc2cc(-n3cnc(C)c3)cc(C(F)(F)F)c2)C(=O)N(CCO)C1. The molecule has 2 heterocycles. The molecule has 11 heteroatoms. The van der Waals surface area contributed by atoms with Crippen molar-refractivity contribution in [2.45, 2.75) is 13.1 Å². The van der Waals surface area contributed by atoms with Gasteiger partial charge in [-0.05, 0) is 25.1 Å². The number of esters is 1. The summed E-state index contributed by atoms with van der Waals surface area (Å²) in [6, 6.07) is 3.20. The van der Waals surface area contributed by atoms with Crippen LogP contribution in [0.2, 0.25) is 0 Å². The summed E-state index contributed by atoms with van der Waals surface area (Å²) in [5.41, 5.74) is -0.418. The number of benzene rings is 1. The predicted octanol–water partition coefficient (Wildman–Crippen LogP) is 1.87. The van der Waals surface area contributed by atoms with E-state index in [1.165, 1.54) is 21.9 Å². The van der Waals surface area contributed by atoms with Gasteiger partial charge in [0.25, 0.3) is 5.91 Å². The van der Waals surface area contributed by atoms with Crippen molar-refractivity contribution in [3.05, 3.63) is 53.3 Å². The molecule has 0 aliphatic carbocycles. The summed E-state index contributed by atoms with van der Waals surface area (Å²) in [7, 11) is 1.13. The molecule has 0 atom stereocenters. The van der Waals surface area contributed by atoms with Crippen LogP contribution in [-0.4, -0.2) is 58.2 Å². The first-order valence-corrected chi connectivity index (χ1v) is 8.86. The van der Waals surface area contributed by atoms with E-state index in [9.17, 15) is 22.8 Å². The molecule has 1 aromatic carbocycles. The summed E-state index contributed by atoms with van der Waals surface area (Å²) in [6.45, 7) is 1.21. The van der Waals surface area contributed by atoms with E-state index in [-0.39, 0.29) is 42.3 Å². The van der Waals surface area contributed by atoms with Gasteiger partial charge in [0.05, 0.1) is 43.4 Å². The molecule has 0 bridgehead atoms. The molecule has 0 saturated carbocycles. The average molecular weight is 424 g/mol. The standard InChI is InChI=1S/C19H19F3N4O4/c1-11-8-26(10-23-11)14-6-12(19(20,21)22)5-13(7-14)24-16-15(18(29)30-2)9-25(3-4-27)17(16)28/h5-8,10,24,27H,3-4,9H2,1-2H3. The zero-order valence-corrected chi connectivity index (χ0v) is 16.2. The van der Waals surface area contributed by atoms with E-state index in [0.29, 0.717) is 5.69 Å². The van der Waals surface area contributed by atoms with E-state index < -0.39 is 23.6 Å². The second kappa shape index (κ2) is 8.19. The number of nitrogens with zero attached hydrogens (tertiary/aromatic N) is 3. The number of amides is 1. The van der Waals surface area contributed by atoms with Crippen LogP contribution in [0.5, 0.6) is 0 Å². The van der Waals surface area contributed by atoms with Gasteiger partial charge in [0.15, 0.2) is 0 Å². The van der Waals surface area contributed by atoms with Crippen LogP contribution in [0, 0.1) is 6.92 Å². The number of imidazole rings is 1. The number of halogens is 3. The number of anilines is 1. The summed E-state index contributed by atoms with van der Waals surface area (Å²) in [5, 5.41) is 11.8. The molecule has 2 aromatic rings. The molecule has 1 aliphatic heterocycles. The van der Waals surface area contributed by atoms with Gasteiger partial charge in [-0.15, -0.1) is 0 Å². The molecule has 3 rings (SSSR count). The van der Waals surface area contributed by atoms with Gasteiger partial charge in [0.1, 0.15) is 5.70 Å². The van der Waals surface area contributed by atoms with Crippen LogP contribution in [-0.2, 0) is 20.5 Å². The molecule has 1 aliphatic rings. The lowest BCUT2D eigenvalue weighted by Crippen LogP contribution is -2.31. The van der Waals surface area contributed by atoms with Crippen molar-refractivity contribution >= 4 is 17.6 Å². The fraction of sp³-hybridized carbons (Fsp3) is 0.316. The number of aromatic nitrogens is 2. The number of aryl methyl sites for hydroxylation is 1. The smallest absolute Gasteiger partial charge is 0.416 e. The Hall–Kier alpha value is -3.34. The van der Waals surface area contributed by atoms with Gasteiger partial charge < -0.3 is 24.6 Å². The number of aliphatic hydroxyl groups is 1. The maximum Gasteiger partial charge on any atom is 0.416 e. The molecule has 2 N–H and O–H groups in total. The average Bonchev–Trinajstić information content (AvgIpc) is 3.25. The number of methoxy groups -OCH3 is 1. The molecule has 0 fully saturated rings. The number of β-amino-alcohol motifs (C(OH)–C–C–N with tert-alkyl or cyclic N) is 1. The van der Waals surface area contributed by atoms with Gasteiger partial charge in [-0.25, -0.2) is 9.78 Å². The zero-order valence-electron chi connectivity index (χ0n) is 16.2. The molecular weight excluding hydrogens is 405 g/mol. The highest BCUT2D eigenvalue weighted by atomic mass is 19.4. The lowest BCUT2D eigenvalue weighted by Gasteiger charge is -2.16. The summed E-state index contributed by atoms with van der Waals surface area (Å²) in [6.07, 6.45) is -1.70. The van der Waals surface area contributed by atoms with E-state index in [2.05, 4.69) is 15.0 Å². The largest absolute Gasteiger partial charge is 0.466 e. The third-order valence-electron chi connectivity index (χ3n) is 4.48. The number of aliphatic hydroxyl groups excluding tert-OH is 1. The van der Waals surface area contributed by atoms with Crippen molar-refractivity contribution in [3.8, 4) is 5.69 Å². The molecule has 160 valence electrons. The molecule has 1 aromatic heterocycles. The number of carbonyl (C=O) groups excluding carboxylic acids is 2. The van der Waals surface area contributed by atoms with Crippen molar-refractivity contribution in [1.29, 1.82) is 0 Å². The van der Waals surface area contributed by atoms with Gasteiger partial charge in [0.2, 0.25) is 0 Å². The van der Waals surface area contributed by atoms with Crippen LogP contribution in [0.25, 0.3) is 5.69 Å². The Labute approximate surface area is 169 Å². The van der Waals surface area contributed by atoms with Gasteiger partial charge >= 0.3 is 12.1 Å². The monoisotopic (exact) mass is 424 g/mol. The molecule has 0 unspecified atom stereocenters. The second-order valence-corrected chi connectivity index (χ2v) is 6.61. The van der Waals surface area contributed by atoms with Crippen LogP contribution in [0.1, 0.15) is 11.3 Å². The minimum atomic E-state index is -4.63. The minimum absolute atomic E-state index is 0.0339. The molecule has 0 spiro atoms. The Balaban J connectivity index is 2.05. The number of alkyl halides is 3. The Morgan fingerprint density at radius 2 is 2.07 bits per heavy atom. The van der Waals surface area contributed by atoms with Crippen LogP contribution in [0.3, 0.4) is 0 Å². The number of rotatable bonds is 6. The predicted molar refractivity (Wildman–Crippen MR) is 99.6 cm³/mol. The fourth-order valence-corrected chi connectivity index (χ4v) is 3.05. The third kappa shape index (κ3) is 4.30. The first-order chi connectivity index (χ1) is 14.1. The summed E-state index contributed by atoms with van der Waals surface area (Å²) >= 11 is 0. The van der Waals surface area contributed by atoms with Crippen molar-refractivity contribution in [1.82, 2.24) is 14.5 Å². The zero-order chi connectivity index (χ0) is 22.1. The maximum absolute atomic E-state index is 13.4. The normalized spacial score (nSPS) is 14.5. The van der Waals surface area contributed by atoms with E-state index in [1.54, 1.807) is 13.1 Å². The van der Waals surface area contributed by atoms with Crippen molar-refractivity contribution in [2.75, 3.05) is 32.1 Å². The van der Waals surface area contributed by atoms with E-state index in [1.807, 2.05) is 0 Å². The topological polar surface area (TPSA) is 96.7 Å². The number of ether oxygens (including phenoxy) is 1. The molecule has 0 radical (unpaired) electrons. The molecule has 8 nitrogen and oxygen atoms in total. The summed E-state index contributed by atoms with van der Waals surface area (Å²) < 4.78 is 46.4.